The highest BCUT2D eigenvalue weighted by atomic mass is 32.2. The van der Waals surface area contributed by atoms with Crippen LogP contribution >= 0.6 is 0 Å². The molecule has 8 heteroatoms. The molecule has 1 aliphatic rings. The van der Waals surface area contributed by atoms with Gasteiger partial charge in [-0.2, -0.15) is 8.42 Å². The first-order chi connectivity index (χ1) is 8.57. The van der Waals surface area contributed by atoms with Crippen molar-refractivity contribution in [3.05, 3.63) is 0 Å². The predicted octanol–water partition coefficient (Wildman–Crippen LogP) is 1.29. The SMILES string of the molecule is CC(C)(C)OC(=O)ON1CCC[C@@H]1COS(C)(=O)=O. The normalized spacial score (nSPS) is 21.4. The Balaban J connectivity index is 2.46. The van der Waals surface area contributed by atoms with Crippen molar-refractivity contribution in [2.45, 2.75) is 45.3 Å². The Labute approximate surface area is 113 Å². The molecule has 0 bridgehead atoms. The lowest BCUT2D eigenvalue weighted by Gasteiger charge is -2.25. The van der Waals surface area contributed by atoms with Crippen molar-refractivity contribution >= 4 is 16.3 Å². The van der Waals surface area contributed by atoms with Crippen molar-refractivity contribution < 1.29 is 27.0 Å². The van der Waals surface area contributed by atoms with Crippen LogP contribution in [0, 0.1) is 0 Å². The summed E-state index contributed by atoms with van der Waals surface area (Å²) in [6, 6.07) is -0.262. The molecule has 0 unspecified atom stereocenters. The average Bonchev–Trinajstić information content (AvgIpc) is 2.57. The van der Waals surface area contributed by atoms with Crippen LogP contribution in [0.2, 0.25) is 0 Å². The second-order valence-electron chi connectivity index (χ2n) is 5.48. The van der Waals surface area contributed by atoms with Gasteiger partial charge in [-0.1, -0.05) is 0 Å². The fourth-order valence-electron chi connectivity index (χ4n) is 1.66. The van der Waals surface area contributed by atoms with E-state index >= 15 is 0 Å². The number of hydrogen-bond acceptors (Lipinski definition) is 7. The maximum absolute atomic E-state index is 11.5. The summed E-state index contributed by atoms with van der Waals surface area (Å²) in [6.07, 6.45) is 1.71. The maximum Gasteiger partial charge on any atom is 0.528 e. The van der Waals surface area contributed by atoms with Gasteiger partial charge in [-0.3, -0.25) is 4.18 Å². The zero-order valence-corrected chi connectivity index (χ0v) is 12.5. The second kappa shape index (κ2) is 6.06. The van der Waals surface area contributed by atoms with Crippen LogP contribution in [0.3, 0.4) is 0 Å². The van der Waals surface area contributed by atoms with E-state index in [0.717, 1.165) is 12.7 Å². The minimum absolute atomic E-state index is 0.0262. The van der Waals surface area contributed by atoms with E-state index in [2.05, 4.69) is 0 Å². The average molecular weight is 295 g/mol. The summed E-state index contributed by atoms with van der Waals surface area (Å²) in [7, 11) is -3.49. The highest BCUT2D eigenvalue weighted by Gasteiger charge is 2.31. The third-order valence-corrected chi connectivity index (χ3v) is 2.94. The molecule has 0 aromatic heterocycles. The Morgan fingerprint density at radius 2 is 2.00 bits per heavy atom. The molecule has 1 heterocycles. The van der Waals surface area contributed by atoms with Gasteiger partial charge in [0.2, 0.25) is 0 Å². The Bertz CT molecular complexity index is 413. The summed E-state index contributed by atoms with van der Waals surface area (Å²) in [5.41, 5.74) is -0.629. The van der Waals surface area contributed by atoms with Gasteiger partial charge in [0.1, 0.15) is 5.60 Å². The van der Waals surface area contributed by atoms with E-state index in [1.165, 1.54) is 5.06 Å². The van der Waals surface area contributed by atoms with Gasteiger partial charge in [-0.05, 0) is 33.6 Å². The fourth-order valence-corrected chi connectivity index (χ4v) is 2.07. The summed E-state index contributed by atoms with van der Waals surface area (Å²) in [6.45, 7) is 5.73. The quantitative estimate of drug-likeness (QED) is 0.571. The Hall–Kier alpha value is -0.860. The van der Waals surface area contributed by atoms with Gasteiger partial charge in [-0.25, -0.2) is 4.79 Å². The van der Waals surface area contributed by atoms with Crippen molar-refractivity contribution in [3.8, 4) is 0 Å². The van der Waals surface area contributed by atoms with Crippen LogP contribution in [-0.2, 0) is 23.9 Å². The summed E-state index contributed by atoms with van der Waals surface area (Å²) in [5.74, 6) is 0. The Kier molecular flexibility index (Phi) is 5.17. The summed E-state index contributed by atoms with van der Waals surface area (Å²) < 4.78 is 31.6. The fraction of sp³-hybridized carbons (Fsp3) is 0.909. The van der Waals surface area contributed by atoms with Crippen LogP contribution in [0.4, 0.5) is 4.79 Å². The van der Waals surface area contributed by atoms with Gasteiger partial charge >= 0.3 is 6.16 Å². The molecule has 0 aromatic rings. The topological polar surface area (TPSA) is 82.1 Å². The minimum atomic E-state index is -3.49. The molecule has 0 aliphatic carbocycles. The molecule has 0 saturated carbocycles. The lowest BCUT2D eigenvalue weighted by molar-refractivity contribution is -0.154. The number of carbonyl (C=O) groups is 1. The van der Waals surface area contributed by atoms with Gasteiger partial charge in [-0.15, -0.1) is 5.06 Å². The first-order valence-electron chi connectivity index (χ1n) is 6.09. The van der Waals surface area contributed by atoms with E-state index in [-0.39, 0.29) is 12.6 Å². The molecule has 19 heavy (non-hydrogen) atoms. The number of hydrogen-bond donors (Lipinski definition) is 0. The standard InChI is InChI=1S/C11H21NO6S/c1-11(2,3)17-10(13)18-12-7-5-6-9(12)8-16-19(4,14)15/h9H,5-8H2,1-4H3/t9-/m1/s1. The van der Waals surface area contributed by atoms with Crippen molar-refractivity contribution in [1.29, 1.82) is 0 Å². The van der Waals surface area contributed by atoms with E-state index in [9.17, 15) is 13.2 Å². The molecule has 1 fully saturated rings. The third kappa shape index (κ3) is 6.74. The number of ether oxygens (including phenoxy) is 1. The summed E-state index contributed by atoms with van der Waals surface area (Å²) >= 11 is 0. The summed E-state index contributed by atoms with van der Waals surface area (Å²) in [5, 5.41) is 1.42. The van der Waals surface area contributed by atoms with Crippen molar-refractivity contribution in [1.82, 2.24) is 5.06 Å². The monoisotopic (exact) mass is 295 g/mol. The molecule has 0 aromatic carbocycles. The molecule has 0 radical (unpaired) electrons. The van der Waals surface area contributed by atoms with Gasteiger partial charge in [0.05, 0.1) is 18.9 Å². The number of carbonyl (C=O) groups excluding carboxylic acids is 1. The van der Waals surface area contributed by atoms with Crippen LogP contribution in [0.15, 0.2) is 0 Å². The van der Waals surface area contributed by atoms with Gasteiger partial charge in [0.25, 0.3) is 10.1 Å². The first-order valence-corrected chi connectivity index (χ1v) is 7.90. The van der Waals surface area contributed by atoms with Crippen LogP contribution in [0.25, 0.3) is 0 Å². The van der Waals surface area contributed by atoms with Crippen LogP contribution < -0.4 is 0 Å². The molecule has 0 spiro atoms. The Morgan fingerprint density at radius 1 is 1.37 bits per heavy atom. The molecule has 7 nitrogen and oxygen atoms in total. The maximum atomic E-state index is 11.5. The molecular formula is C11H21NO6S. The van der Waals surface area contributed by atoms with Crippen LogP contribution in [0.5, 0.6) is 0 Å². The lowest BCUT2D eigenvalue weighted by atomic mass is 10.2. The third-order valence-electron chi connectivity index (χ3n) is 2.38. The van der Waals surface area contributed by atoms with E-state index < -0.39 is 21.9 Å². The number of nitrogens with zero attached hydrogens (tertiary/aromatic N) is 1. The molecule has 1 aliphatic heterocycles. The van der Waals surface area contributed by atoms with Crippen molar-refractivity contribution in [2.24, 2.45) is 0 Å². The number of hydroxylamine groups is 2. The molecule has 0 N–H and O–H groups in total. The van der Waals surface area contributed by atoms with Crippen molar-refractivity contribution in [3.63, 3.8) is 0 Å². The Morgan fingerprint density at radius 3 is 2.53 bits per heavy atom. The molecule has 112 valence electrons. The molecular weight excluding hydrogens is 274 g/mol. The van der Waals surface area contributed by atoms with E-state index in [0.29, 0.717) is 13.0 Å². The van der Waals surface area contributed by atoms with Crippen LogP contribution in [0.1, 0.15) is 33.6 Å². The zero-order chi connectivity index (χ0) is 14.7. The lowest BCUT2D eigenvalue weighted by Crippen LogP contribution is -2.37. The number of rotatable bonds is 4. The predicted molar refractivity (Wildman–Crippen MR) is 67.8 cm³/mol. The van der Waals surface area contributed by atoms with E-state index in [1.807, 2.05) is 0 Å². The highest BCUT2D eigenvalue weighted by Crippen LogP contribution is 2.19. The van der Waals surface area contributed by atoms with E-state index in [1.54, 1.807) is 20.8 Å². The molecule has 1 atom stereocenters. The van der Waals surface area contributed by atoms with Gasteiger partial charge in [0, 0.05) is 6.54 Å². The molecule has 1 saturated heterocycles. The van der Waals surface area contributed by atoms with Crippen molar-refractivity contribution in [2.75, 3.05) is 19.4 Å². The highest BCUT2D eigenvalue weighted by molar-refractivity contribution is 7.85. The minimum Gasteiger partial charge on any atom is -0.427 e. The zero-order valence-electron chi connectivity index (χ0n) is 11.7. The molecule has 1 rings (SSSR count). The summed E-state index contributed by atoms with van der Waals surface area (Å²) in [4.78, 5) is 16.6. The van der Waals surface area contributed by atoms with Crippen LogP contribution in [-0.4, -0.2) is 50.7 Å². The molecule has 0 amide bonds. The first kappa shape index (κ1) is 16.2. The second-order valence-corrected chi connectivity index (χ2v) is 7.13. The smallest absolute Gasteiger partial charge is 0.427 e. The van der Waals surface area contributed by atoms with Gasteiger partial charge < -0.3 is 9.57 Å². The van der Waals surface area contributed by atoms with Gasteiger partial charge in [0.15, 0.2) is 0 Å². The largest absolute Gasteiger partial charge is 0.528 e. The van der Waals surface area contributed by atoms with E-state index in [4.69, 9.17) is 13.8 Å².